The van der Waals surface area contributed by atoms with Crippen molar-refractivity contribution in [1.29, 1.82) is 0 Å². The minimum atomic E-state index is -0.931. The molecule has 0 aliphatic rings. The van der Waals surface area contributed by atoms with Crippen LogP contribution in [-0.2, 0) is 4.79 Å². The van der Waals surface area contributed by atoms with Gasteiger partial charge in [-0.25, -0.2) is 0 Å². The van der Waals surface area contributed by atoms with Crippen molar-refractivity contribution >= 4 is 29.2 Å². The number of hydrogen-bond acceptors (Lipinski definition) is 2. The first-order valence-electron chi connectivity index (χ1n) is 4.77. The molecule has 2 N–H and O–H groups in total. The van der Waals surface area contributed by atoms with Crippen LogP contribution in [0.25, 0.3) is 0 Å². The predicted molar refractivity (Wildman–Crippen MR) is 62.8 cm³/mol. The molecule has 0 bridgehead atoms. The molecule has 16 heavy (non-hydrogen) atoms. The molecule has 0 radical (unpaired) electrons. The molecule has 0 aliphatic heterocycles. The topological polar surface area (TPSA) is 57.5 Å². The maximum atomic E-state index is 10.6. The van der Waals surface area contributed by atoms with E-state index < -0.39 is 18.0 Å². The number of aliphatic hydroxyl groups is 1. The van der Waals surface area contributed by atoms with Crippen molar-refractivity contribution < 1.29 is 15.0 Å². The maximum Gasteiger partial charge on any atom is 0.306 e. The molecule has 5 heteroatoms. The number of aliphatic hydroxyl groups excluding tert-OH is 1. The van der Waals surface area contributed by atoms with Crippen LogP contribution in [0, 0.1) is 5.92 Å². The fourth-order valence-corrected chi connectivity index (χ4v) is 1.60. The van der Waals surface area contributed by atoms with Gasteiger partial charge in [0.1, 0.15) is 0 Å². The molecule has 0 spiro atoms. The molecule has 0 aromatic heterocycles. The lowest BCUT2D eigenvalue weighted by molar-refractivity contribution is -0.142. The van der Waals surface area contributed by atoms with E-state index in [-0.39, 0.29) is 6.42 Å². The Kier molecular flexibility index (Phi) is 4.59. The van der Waals surface area contributed by atoms with Crippen LogP contribution in [0.1, 0.15) is 25.0 Å². The molecule has 0 aliphatic carbocycles. The Balaban J connectivity index is 2.76. The van der Waals surface area contributed by atoms with Crippen LogP contribution in [0.15, 0.2) is 18.2 Å². The van der Waals surface area contributed by atoms with Crippen LogP contribution in [0.5, 0.6) is 0 Å². The summed E-state index contributed by atoms with van der Waals surface area (Å²) >= 11 is 11.5. The first-order chi connectivity index (χ1) is 7.41. The lowest BCUT2D eigenvalue weighted by Gasteiger charge is -2.14. The summed E-state index contributed by atoms with van der Waals surface area (Å²) in [6.07, 6.45) is -0.700. The van der Waals surface area contributed by atoms with Crippen LogP contribution in [-0.4, -0.2) is 16.2 Å². The van der Waals surface area contributed by atoms with Crippen molar-refractivity contribution in [1.82, 2.24) is 0 Å². The third-order valence-corrected chi connectivity index (χ3v) is 3.07. The highest BCUT2D eigenvalue weighted by molar-refractivity contribution is 6.42. The zero-order chi connectivity index (χ0) is 12.3. The maximum absolute atomic E-state index is 10.6. The number of hydrogen-bond donors (Lipinski definition) is 2. The van der Waals surface area contributed by atoms with Crippen molar-refractivity contribution in [3.05, 3.63) is 33.8 Å². The molecule has 1 rings (SSSR count). The van der Waals surface area contributed by atoms with Gasteiger partial charge in [0, 0.05) is 0 Å². The van der Waals surface area contributed by atoms with E-state index in [2.05, 4.69) is 0 Å². The summed E-state index contributed by atoms with van der Waals surface area (Å²) in [5, 5.41) is 19.3. The van der Waals surface area contributed by atoms with Gasteiger partial charge in [-0.2, -0.15) is 0 Å². The van der Waals surface area contributed by atoms with Gasteiger partial charge < -0.3 is 10.2 Å². The fraction of sp³-hybridized carbons (Fsp3) is 0.364. The molecule has 2 unspecified atom stereocenters. The zero-order valence-electron chi connectivity index (χ0n) is 8.65. The number of carbonyl (C=O) groups is 1. The van der Waals surface area contributed by atoms with Crippen molar-refractivity contribution in [3.8, 4) is 0 Å². The standard InChI is InChI=1S/C11H12Cl2O3/c1-6(11(15)16)4-10(14)7-2-3-8(12)9(13)5-7/h2-3,5-6,10,14H,4H2,1H3,(H,15,16). The van der Waals surface area contributed by atoms with Gasteiger partial charge in [-0.1, -0.05) is 36.2 Å². The second-order valence-electron chi connectivity index (χ2n) is 3.66. The summed E-state index contributed by atoms with van der Waals surface area (Å²) in [5.74, 6) is -1.54. The average molecular weight is 263 g/mol. The van der Waals surface area contributed by atoms with E-state index in [1.165, 1.54) is 0 Å². The van der Waals surface area contributed by atoms with Gasteiger partial charge in [0.2, 0.25) is 0 Å². The van der Waals surface area contributed by atoms with Gasteiger partial charge in [0.05, 0.1) is 22.1 Å². The Morgan fingerprint density at radius 1 is 1.38 bits per heavy atom. The predicted octanol–water partition coefficient (Wildman–Crippen LogP) is 3.14. The Morgan fingerprint density at radius 2 is 2.00 bits per heavy atom. The summed E-state index contributed by atoms with van der Waals surface area (Å²) < 4.78 is 0. The second-order valence-corrected chi connectivity index (χ2v) is 4.48. The van der Waals surface area contributed by atoms with Gasteiger partial charge in [-0.3, -0.25) is 4.79 Å². The Hall–Kier alpha value is -0.770. The van der Waals surface area contributed by atoms with Gasteiger partial charge in [-0.15, -0.1) is 0 Å². The summed E-state index contributed by atoms with van der Waals surface area (Å²) in [6.45, 7) is 1.54. The Labute approximate surface area is 104 Å². The third kappa shape index (κ3) is 3.37. The van der Waals surface area contributed by atoms with Gasteiger partial charge in [0.15, 0.2) is 0 Å². The number of rotatable bonds is 4. The van der Waals surface area contributed by atoms with E-state index in [0.717, 1.165) is 0 Å². The summed E-state index contributed by atoms with van der Waals surface area (Å²) in [6, 6.07) is 4.75. The molecule has 2 atom stereocenters. The minimum Gasteiger partial charge on any atom is -0.481 e. The zero-order valence-corrected chi connectivity index (χ0v) is 10.2. The van der Waals surface area contributed by atoms with Crippen molar-refractivity contribution in [3.63, 3.8) is 0 Å². The highest BCUT2D eigenvalue weighted by atomic mass is 35.5. The third-order valence-electron chi connectivity index (χ3n) is 2.33. The van der Waals surface area contributed by atoms with Crippen molar-refractivity contribution in [2.24, 2.45) is 5.92 Å². The van der Waals surface area contributed by atoms with Crippen LogP contribution in [0.3, 0.4) is 0 Å². The van der Waals surface area contributed by atoms with Crippen LogP contribution < -0.4 is 0 Å². The largest absolute Gasteiger partial charge is 0.481 e. The van der Waals surface area contributed by atoms with E-state index in [0.29, 0.717) is 15.6 Å². The molecule has 1 aromatic carbocycles. The monoisotopic (exact) mass is 262 g/mol. The van der Waals surface area contributed by atoms with E-state index in [1.807, 2.05) is 0 Å². The number of benzene rings is 1. The number of halogens is 2. The van der Waals surface area contributed by atoms with Crippen LogP contribution >= 0.6 is 23.2 Å². The Bertz CT molecular complexity index is 393. The number of carboxylic acids is 1. The summed E-state index contributed by atoms with van der Waals surface area (Å²) in [7, 11) is 0. The van der Waals surface area contributed by atoms with Crippen LogP contribution in [0.2, 0.25) is 10.0 Å². The molecule has 0 heterocycles. The van der Waals surface area contributed by atoms with E-state index >= 15 is 0 Å². The molecule has 0 amide bonds. The molecular formula is C11H12Cl2O3. The van der Waals surface area contributed by atoms with Crippen LogP contribution in [0.4, 0.5) is 0 Å². The van der Waals surface area contributed by atoms with Crippen molar-refractivity contribution in [2.45, 2.75) is 19.4 Å². The second kappa shape index (κ2) is 5.53. The van der Waals surface area contributed by atoms with Gasteiger partial charge >= 0.3 is 5.97 Å². The van der Waals surface area contributed by atoms with E-state index in [9.17, 15) is 9.90 Å². The highest BCUT2D eigenvalue weighted by Gasteiger charge is 2.18. The number of aliphatic carboxylic acids is 1. The molecule has 0 saturated carbocycles. The summed E-state index contributed by atoms with van der Waals surface area (Å²) in [4.78, 5) is 10.6. The highest BCUT2D eigenvalue weighted by Crippen LogP contribution is 2.28. The molecule has 1 aromatic rings. The normalized spacial score (nSPS) is 14.5. The average Bonchev–Trinajstić information content (AvgIpc) is 2.21. The quantitative estimate of drug-likeness (QED) is 0.877. The molecule has 88 valence electrons. The van der Waals surface area contributed by atoms with Gasteiger partial charge in [0.25, 0.3) is 0 Å². The van der Waals surface area contributed by atoms with Gasteiger partial charge in [-0.05, 0) is 24.1 Å². The van der Waals surface area contributed by atoms with E-state index in [1.54, 1.807) is 25.1 Å². The molecule has 0 saturated heterocycles. The molecule has 3 nitrogen and oxygen atoms in total. The lowest BCUT2D eigenvalue weighted by atomic mass is 9.98. The SMILES string of the molecule is CC(CC(O)c1ccc(Cl)c(Cl)c1)C(=O)O. The van der Waals surface area contributed by atoms with Crippen molar-refractivity contribution in [2.75, 3.05) is 0 Å². The fourth-order valence-electron chi connectivity index (χ4n) is 1.29. The first-order valence-corrected chi connectivity index (χ1v) is 5.53. The minimum absolute atomic E-state index is 0.146. The lowest BCUT2D eigenvalue weighted by Crippen LogP contribution is -2.13. The first kappa shape index (κ1) is 13.3. The smallest absolute Gasteiger partial charge is 0.306 e. The number of carboxylic acid groups (broad SMARTS) is 1. The Morgan fingerprint density at radius 3 is 2.50 bits per heavy atom. The summed E-state index contributed by atoms with van der Waals surface area (Å²) in [5.41, 5.74) is 0.572. The van der Waals surface area contributed by atoms with E-state index in [4.69, 9.17) is 28.3 Å². The molecular weight excluding hydrogens is 251 g/mol. The molecule has 0 fully saturated rings.